The molecule has 0 spiro atoms. The summed E-state index contributed by atoms with van der Waals surface area (Å²) in [4.78, 5) is 14.5. The second-order valence-corrected chi connectivity index (χ2v) is 5.60. The third-order valence-electron chi connectivity index (χ3n) is 4.42. The van der Waals surface area contributed by atoms with Crippen LogP contribution in [0.5, 0.6) is 0 Å². The van der Waals surface area contributed by atoms with Gasteiger partial charge in [-0.3, -0.25) is 4.79 Å². The fourth-order valence-corrected chi connectivity index (χ4v) is 3.13. The summed E-state index contributed by atoms with van der Waals surface area (Å²) < 4.78 is 13.0. The second-order valence-electron chi connectivity index (χ2n) is 5.60. The van der Waals surface area contributed by atoms with E-state index in [-0.39, 0.29) is 11.4 Å². The number of nitrogens with zero attached hydrogens (tertiary/aromatic N) is 2. The molecule has 20 heavy (non-hydrogen) atoms. The van der Waals surface area contributed by atoms with Crippen molar-refractivity contribution >= 4 is 5.91 Å². The van der Waals surface area contributed by atoms with E-state index >= 15 is 0 Å². The van der Waals surface area contributed by atoms with E-state index in [4.69, 9.17) is 9.47 Å². The molecule has 0 aliphatic carbocycles. The molecule has 2 fully saturated rings. The van der Waals surface area contributed by atoms with Crippen LogP contribution in [0.2, 0.25) is 0 Å². The van der Waals surface area contributed by atoms with E-state index in [0.29, 0.717) is 19.6 Å². The number of morpholine rings is 1. The highest BCUT2D eigenvalue weighted by Gasteiger charge is 2.37. The van der Waals surface area contributed by atoms with E-state index in [1.54, 1.807) is 0 Å². The Morgan fingerprint density at radius 1 is 1.00 bits per heavy atom. The maximum absolute atomic E-state index is 12.6. The first kappa shape index (κ1) is 13.6. The minimum Gasteiger partial charge on any atom is -0.381 e. The summed E-state index contributed by atoms with van der Waals surface area (Å²) in [7, 11) is 0. The predicted octanol–water partition coefficient (Wildman–Crippen LogP) is 1.24. The van der Waals surface area contributed by atoms with Gasteiger partial charge in [-0.1, -0.05) is 0 Å². The minimum atomic E-state index is -0.114. The molecule has 3 rings (SSSR count). The van der Waals surface area contributed by atoms with Crippen LogP contribution in [0.15, 0.2) is 24.5 Å². The zero-order chi connectivity index (χ0) is 13.8. The first-order valence-electron chi connectivity index (χ1n) is 7.37. The number of aromatic nitrogens is 1. The predicted molar refractivity (Wildman–Crippen MR) is 74.5 cm³/mol. The van der Waals surface area contributed by atoms with Crippen molar-refractivity contribution in [3.63, 3.8) is 0 Å². The lowest BCUT2D eigenvalue weighted by molar-refractivity contribution is -0.139. The monoisotopic (exact) mass is 278 g/mol. The molecule has 1 aromatic rings. The van der Waals surface area contributed by atoms with Crippen molar-refractivity contribution in [2.45, 2.75) is 24.8 Å². The Morgan fingerprint density at radius 3 is 2.25 bits per heavy atom. The Hall–Kier alpha value is -1.33. The molecule has 3 heterocycles. The van der Waals surface area contributed by atoms with Crippen LogP contribution >= 0.6 is 0 Å². The Labute approximate surface area is 119 Å². The van der Waals surface area contributed by atoms with Crippen molar-refractivity contribution in [3.05, 3.63) is 24.5 Å². The molecule has 2 aliphatic rings. The molecule has 0 radical (unpaired) electrons. The van der Waals surface area contributed by atoms with Crippen LogP contribution in [0, 0.1) is 0 Å². The summed E-state index contributed by atoms with van der Waals surface area (Å²) in [6.07, 6.45) is 6.50. The number of amides is 1. The Balaban J connectivity index is 1.74. The highest BCUT2D eigenvalue weighted by Crippen LogP contribution is 2.33. The summed E-state index contributed by atoms with van der Waals surface area (Å²) in [6, 6.07) is 4.05. The number of carbonyl (C=O) groups excluding carboxylic acids is 1. The van der Waals surface area contributed by atoms with Crippen LogP contribution in [0.3, 0.4) is 0 Å². The van der Waals surface area contributed by atoms with E-state index < -0.39 is 0 Å². The van der Waals surface area contributed by atoms with Crippen molar-refractivity contribution in [2.24, 2.45) is 0 Å². The van der Waals surface area contributed by atoms with Crippen LogP contribution in [-0.2, 0) is 19.8 Å². The van der Waals surface area contributed by atoms with Gasteiger partial charge < -0.3 is 18.9 Å². The molecular weight excluding hydrogens is 256 g/mol. The summed E-state index contributed by atoms with van der Waals surface area (Å²) in [5.74, 6) is 0.240. The molecule has 5 nitrogen and oxygen atoms in total. The van der Waals surface area contributed by atoms with Gasteiger partial charge in [0.25, 0.3) is 0 Å². The van der Waals surface area contributed by atoms with E-state index in [1.165, 1.54) is 0 Å². The van der Waals surface area contributed by atoms with Crippen LogP contribution < -0.4 is 0 Å². The lowest BCUT2D eigenvalue weighted by Gasteiger charge is -2.40. The van der Waals surface area contributed by atoms with Crippen LogP contribution in [0.1, 0.15) is 19.3 Å². The molecule has 0 aromatic carbocycles. The lowest BCUT2D eigenvalue weighted by atomic mass is 9.85. The fraction of sp³-hybridized carbons (Fsp3) is 0.667. The Kier molecular flexibility index (Phi) is 4.08. The standard InChI is InChI=1S/C15H22N2O3/c18-14(16-7-11-20-12-8-16)13-15(3-9-19-10-4-15)17-5-1-2-6-17/h1-2,5-6H,3-4,7-13H2. The Bertz CT molecular complexity index is 432. The van der Waals surface area contributed by atoms with Gasteiger partial charge in [-0.15, -0.1) is 0 Å². The van der Waals surface area contributed by atoms with Crippen molar-refractivity contribution in [1.82, 2.24) is 9.47 Å². The summed E-state index contributed by atoms with van der Waals surface area (Å²) >= 11 is 0. The molecule has 0 N–H and O–H groups in total. The average Bonchev–Trinajstić information content (AvgIpc) is 3.04. The maximum Gasteiger partial charge on any atom is 0.225 e. The van der Waals surface area contributed by atoms with Gasteiger partial charge in [-0.25, -0.2) is 0 Å². The fourth-order valence-electron chi connectivity index (χ4n) is 3.13. The second kappa shape index (κ2) is 5.97. The van der Waals surface area contributed by atoms with E-state index in [0.717, 1.165) is 39.1 Å². The lowest BCUT2D eigenvalue weighted by Crippen LogP contribution is -2.47. The molecule has 1 amide bonds. The van der Waals surface area contributed by atoms with Crippen LogP contribution in [0.4, 0.5) is 0 Å². The van der Waals surface area contributed by atoms with E-state index in [2.05, 4.69) is 17.0 Å². The Morgan fingerprint density at radius 2 is 1.60 bits per heavy atom. The number of hydrogen-bond acceptors (Lipinski definition) is 3. The number of rotatable bonds is 3. The highest BCUT2D eigenvalue weighted by atomic mass is 16.5. The zero-order valence-electron chi connectivity index (χ0n) is 11.8. The molecule has 1 aromatic heterocycles. The average molecular weight is 278 g/mol. The topological polar surface area (TPSA) is 43.7 Å². The third-order valence-corrected chi connectivity index (χ3v) is 4.42. The van der Waals surface area contributed by atoms with Gasteiger partial charge in [0.15, 0.2) is 0 Å². The van der Waals surface area contributed by atoms with E-state index in [9.17, 15) is 4.79 Å². The molecule has 2 saturated heterocycles. The SMILES string of the molecule is O=C(CC1(n2cccc2)CCOCC1)N1CCOCC1. The first-order valence-corrected chi connectivity index (χ1v) is 7.37. The van der Waals surface area contributed by atoms with Crippen molar-refractivity contribution in [1.29, 1.82) is 0 Å². The quantitative estimate of drug-likeness (QED) is 0.835. The smallest absolute Gasteiger partial charge is 0.225 e. The molecule has 0 atom stereocenters. The van der Waals surface area contributed by atoms with Gasteiger partial charge in [-0.2, -0.15) is 0 Å². The van der Waals surface area contributed by atoms with Crippen molar-refractivity contribution in [3.8, 4) is 0 Å². The summed E-state index contributed by atoms with van der Waals surface area (Å²) in [5.41, 5.74) is -0.114. The number of ether oxygens (including phenoxy) is 2. The number of carbonyl (C=O) groups is 1. The summed E-state index contributed by atoms with van der Waals surface area (Å²) in [6.45, 7) is 4.22. The number of hydrogen-bond donors (Lipinski definition) is 0. The van der Waals surface area contributed by atoms with Gasteiger partial charge >= 0.3 is 0 Å². The van der Waals surface area contributed by atoms with Gasteiger partial charge in [0, 0.05) is 38.7 Å². The zero-order valence-corrected chi connectivity index (χ0v) is 11.8. The third kappa shape index (κ3) is 2.74. The van der Waals surface area contributed by atoms with Crippen LogP contribution in [0.25, 0.3) is 0 Å². The first-order chi connectivity index (χ1) is 9.80. The molecule has 0 bridgehead atoms. The van der Waals surface area contributed by atoms with Gasteiger partial charge in [0.2, 0.25) is 5.91 Å². The minimum absolute atomic E-state index is 0.114. The molecule has 0 saturated carbocycles. The van der Waals surface area contributed by atoms with Gasteiger partial charge in [-0.05, 0) is 25.0 Å². The van der Waals surface area contributed by atoms with Crippen molar-refractivity contribution in [2.75, 3.05) is 39.5 Å². The molecule has 110 valence electrons. The maximum atomic E-state index is 12.6. The largest absolute Gasteiger partial charge is 0.381 e. The van der Waals surface area contributed by atoms with Crippen molar-refractivity contribution < 1.29 is 14.3 Å². The van der Waals surface area contributed by atoms with Gasteiger partial charge in [0.05, 0.1) is 25.2 Å². The van der Waals surface area contributed by atoms with Crippen LogP contribution in [-0.4, -0.2) is 54.9 Å². The molecule has 5 heteroatoms. The molecule has 0 unspecified atom stereocenters. The van der Waals surface area contributed by atoms with E-state index in [1.807, 2.05) is 17.0 Å². The summed E-state index contributed by atoms with van der Waals surface area (Å²) in [5, 5.41) is 0. The highest BCUT2D eigenvalue weighted by molar-refractivity contribution is 5.77. The molecular formula is C15H22N2O3. The molecule has 2 aliphatic heterocycles. The normalized spacial score (nSPS) is 22.7. The van der Waals surface area contributed by atoms with Gasteiger partial charge in [0.1, 0.15) is 0 Å².